The monoisotopic (exact) mass is 355 g/mol. The van der Waals surface area contributed by atoms with Gasteiger partial charge in [-0.25, -0.2) is 4.21 Å². The highest BCUT2D eigenvalue weighted by Crippen LogP contribution is 2.34. The lowest BCUT2D eigenvalue weighted by Gasteiger charge is -2.13. The molecule has 0 saturated heterocycles. The molecule has 0 bridgehead atoms. The third kappa shape index (κ3) is 4.72. The van der Waals surface area contributed by atoms with E-state index in [2.05, 4.69) is 20.3 Å². The first-order valence-corrected chi connectivity index (χ1v) is 7.24. The van der Waals surface area contributed by atoms with E-state index in [4.69, 9.17) is 0 Å². The van der Waals surface area contributed by atoms with E-state index in [0.717, 1.165) is 6.07 Å². The van der Waals surface area contributed by atoms with E-state index >= 15 is 0 Å². The molecule has 106 valence electrons. The van der Waals surface area contributed by atoms with Crippen LogP contribution in [-0.4, -0.2) is 15.2 Å². The number of alkyl halides is 3. The Balaban J connectivity index is 2.98. The summed E-state index contributed by atoms with van der Waals surface area (Å²) in [4.78, 5) is 0. The highest BCUT2D eigenvalue weighted by Gasteiger charge is 2.32. The van der Waals surface area contributed by atoms with Crippen molar-refractivity contribution in [1.82, 2.24) is 0 Å². The van der Waals surface area contributed by atoms with Crippen LogP contribution in [0.3, 0.4) is 0 Å². The number of halogens is 4. The minimum Gasteiger partial charge on any atom is -0.234 e. The number of hydrogen-bond donors (Lipinski definition) is 0. The minimum absolute atomic E-state index is 0.0644. The average Bonchev–Trinajstić information content (AvgIpc) is 2.22. The van der Waals surface area contributed by atoms with Crippen LogP contribution in [0.25, 0.3) is 0 Å². The van der Waals surface area contributed by atoms with Crippen molar-refractivity contribution >= 4 is 33.1 Å². The van der Waals surface area contributed by atoms with Gasteiger partial charge in [0.05, 0.1) is 10.3 Å². The fraction of sp³-hybridized carbons (Fsp3) is 0.417. The van der Waals surface area contributed by atoms with Crippen LogP contribution in [0.5, 0.6) is 0 Å². The van der Waals surface area contributed by atoms with E-state index in [1.54, 1.807) is 20.8 Å². The number of benzene rings is 1. The third-order valence-electron chi connectivity index (χ3n) is 2.12. The van der Waals surface area contributed by atoms with E-state index in [1.807, 2.05) is 0 Å². The Bertz CT molecular complexity index is 521. The summed E-state index contributed by atoms with van der Waals surface area (Å²) in [7, 11) is -1.43. The van der Waals surface area contributed by atoms with Crippen LogP contribution in [0.15, 0.2) is 27.1 Å². The zero-order chi connectivity index (χ0) is 14.8. The van der Waals surface area contributed by atoms with Gasteiger partial charge in [0.15, 0.2) is 0 Å². The Morgan fingerprint density at radius 3 is 2.26 bits per heavy atom. The summed E-state index contributed by atoms with van der Waals surface area (Å²) in [6.07, 6.45) is -3.09. The minimum atomic E-state index is -4.40. The molecule has 0 amide bonds. The molecule has 0 aromatic heterocycles. The molecule has 0 saturated carbocycles. The van der Waals surface area contributed by atoms with Crippen molar-refractivity contribution in [1.29, 1.82) is 0 Å². The van der Waals surface area contributed by atoms with Gasteiger partial charge in [-0.15, -0.1) is 0 Å². The van der Waals surface area contributed by atoms with Crippen LogP contribution in [-0.2, 0) is 17.2 Å². The van der Waals surface area contributed by atoms with Crippen molar-refractivity contribution in [3.8, 4) is 0 Å². The van der Waals surface area contributed by atoms with E-state index in [-0.39, 0.29) is 4.47 Å². The molecule has 0 aliphatic carbocycles. The molecular formula is C12H13BrF3NOS. The fourth-order valence-electron chi connectivity index (χ4n) is 1.11. The van der Waals surface area contributed by atoms with Crippen LogP contribution in [0.2, 0.25) is 0 Å². The van der Waals surface area contributed by atoms with E-state index in [0.29, 0.717) is 5.56 Å². The van der Waals surface area contributed by atoms with Gasteiger partial charge in [-0.2, -0.15) is 17.6 Å². The Morgan fingerprint density at radius 1 is 1.26 bits per heavy atom. The van der Waals surface area contributed by atoms with Gasteiger partial charge < -0.3 is 0 Å². The molecule has 0 aliphatic rings. The zero-order valence-electron chi connectivity index (χ0n) is 10.6. The Kier molecular flexibility index (Phi) is 4.95. The second-order valence-electron chi connectivity index (χ2n) is 4.83. The first-order valence-electron chi connectivity index (χ1n) is 5.34. The topological polar surface area (TPSA) is 29.4 Å². The van der Waals surface area contributed by atoms with Crippen LogP contribution < -0.4 is 0 Å². The van der Waals surface area contributed by atoms with E-state index in [1.165, 1.54) is 18.3 Å². The van der Waals surface area contributed by atoms with Gasteiger partial charge in [0.2, 0.25) is 0 Å². The summed E-state index contributed by atoms with van der Waals surface area (Å²) in [5.74, 6) is 0. The van der Waals surface area contributed by atoms with Gasteiger partial charge in [-0.1, -0.05) is 22.0 Å². The summed E-state index contributed by atoms with van der Waals surface area (Å²) < 4.78 is 52.6. The lowest BCUT2D eigenvalue weighted by molar-refractivity contribution is -0.138. The molecule has 2 nitrogen and oxygen atoms in total. The molecular weight excluding hydrogens is 343 g/mol. The first-order chi connectivity index (χ1) is 8.51. The second-order valence-corrected chi connectivity index (χ2v) is 7.62. The molecule has 0 fully saturated rings. The lowest BCUT2D eigenvalue weighted by atomic mass is 10.1. The molecule has 0 aliphatic heterocycles. The molecule has 1 aromatic rings. The van der Waals surface area contributed by atoms with Gasteiger partial charge in [-0.05, 0) is 38.5 Å². The van der Waals surface area contributed by atoms with Crippen LogP contribution in [0.1, 0.15) is 31.9 Å². The molecule has 0 unspecified atom stereocenters. The maximum atomic E-state index is 12.5. The molecule has 7 heteroatoms. The van der Waals surface area contributed by atoms with Gasteiger partial charge in [-0.3, -0.25) is 0 Å². The number of hydrogen-bond acceptors (Lipinski definition) is 1. The summed E-state index contributed by atoms with van der Waals surface area (Å²) in [6, 6.07) is 3.55. The lowest BCUT2D eigenvalue weighted by Crippen LogP contribution is -2.19. The maximum absolute atomic E-state index is 12.5. The quantitative estimate of drug-likeness (QED) is 0.725. The fourth-order valence-corrected chi connectivity index (χ4v) is 2.26. The second kappa shape index (κ2) is 5.75. The van der Waals surface area contributed by atoms with E-state index in [9.17, 15) is 17.4 Å². The van der Waals surface area contributed by atoms with Crippen LogP contribution >= 0.6 is 15.9 Å². The van der Waals surface area contributed by atoms with E-state index < -0.39 is 27.5 Å². The van der Waals surface area contributed by atoms with Crippen molar-refractivity contribution in [2.45, 2.75) is 31.7 Å². The predicted octanol–water partition coefficient (Wildman–Crippen LogP) is 4.35. The van der Waals surface area contributed by atoms with Gasteiger partial charge >= 0.3 is 6.18 Å². The van der Waals surface area contributed by atoms with Crippen molar-refractivity contribution < 1.29 is 17.4 Å². The molecule has 1 aromatic carbocycles. The molecule has 1 atom stereocenters. The largest absolute Gasteiger partial charge is 0.417 e. The normalized spacial score (nSPS) is 14.9. The highest BCUT2D eigenvalue weighted by atomic mass is 79.9. The maximum Gasteiger partial charge on any atom is 0.417 e. The van der Waals surface area contributed by atoms with Crippen molar-refractivity contribution in [3.05, 3.63) is 33.8 Å². The Morgan fingerprint density at radius 2 is 1.84 bits per heavy atom. The van der Waals surface area contributed by atoms with Crippen LogP contribution in [0.4, 0.5) is 13.2 Å². The predicted molar refractivity (Wildman–Crippen MR) is 74.6 cm³/mol. The molecule has 0 spiro atoms. The number of nitrogens with zero attached hydrogens (tertiary/aromatic N) is 1. The molecule has 19 heavy (non-hydrogen) atoms. The smallest absolute Gasteiger partial charge is 0.234 e. The van der Waals surface area contributed by atoms with Crippen molar-refractivity contribution in [3.63, 3.8) is 0 Å². The Hall–Kier alpha value is -0.690. The molecule has 0 N–H and O–H groups in total. The van der Waals surface area contributed by atoms with Crippen molar-refractivity contribution in [2.75, 3.05) is 0 Å². The van der Waals surface area contributed by atoms with Gasteiger partial charge in [0.1, 0.15) is 11.0 Å². The number of rotatable bonds is 2. The zero-order valence-corrected chi connectivity index (χ0v) is 13.0. The summed E-state index contributed by atoms with van der Waals surface area (Å²) in [6.45, 7) is 5.30. The van der Waals surface area contributed by atoms with Gasteiger partial charge in [0.25, 0.3) is 0 Å². The molecule has 0 radical (unpaired) electrons. The average molecular weight is 356 g/mol. The molecule has 0 heterocycles. The van der Waals surface area contributed by atoms with Crippen molar-refractivity contribution in [2.24, 2.45) is 4.40 Å². The third-order valence-corrected chi connectivity index (χ3v) is 4.12. The summed E-state index contributed by atoms with van der Waals surface area (Å²) in [5, 5.41) is 0. The highest BCUT2D eigenvalue weighted by molar-refractivity contribution is 9.10. The SMILES string of the molecule is CC(C)(C)[S@@](=O)N=Cc1ccc(C(F)(F)F)c(Br)c1. The first kappa shape index (κ1) is 16.4. The van der Waals surface area contributed by atoms with Gasteiger partial charge in [0, 0.05) is 10.7 Å². The summed E-state index contributed by atoms with van der Waals surface area (Å²) >= 11 is 2.87. The molecule has 1 rings (SSSR count). The van der Waals surface area contributed by atoms with Crippen LogP contribution in [0, 0.1) is 0 Å². The standard InChI is InChI=1S/C12H13BrF3NOS/c1-11(2,3)19(18)17-7-8-4-5-9(10(13)6-8)12(14,15)16/h4-7H,1-3H3/t19-/m1/s1. The summed E-state index contributed by atoms with van der Waals surface area (Å²) in [5.41, 5.74) is -0.293. The Labute approximate surface area is 120 Å².